The lowest BCUT2D eigenvalue weighted by atomic mass is 10.1. The topological polar surface area (TPSA) is 38.4 Å². The molecule has 1 atom stereocenters. The highest BCUT2D eigenvalue weighted by Gasteiger charge is 2.10. The number of hydrogen-bond acceptors (Lipinski definition) is 2. The molecule has 0 saturated heterocycles. The number of aliphatic imine (C=N–C) groups is 1. The van der Waals surface area contributed by atoms with Crippen molar-refractivity contribution in [1.82, 2.24) is 0 Å². The van der Waals surface area contributed by atoms with Crippen LogP contribution in [0, 0.1) is 0 Å². The van der Waals surface area contributed by atoms with E-state index in [1.807, 2.05) is 32.1 Å². The van der Waals surface area contributed by atoms with Crippen molar-refractivity contribution < 1.29 is 0 Å². The van der Waals surface area contributed by atoms with Gasteiger partial charge in [0, 0.05) is 11.9 Å². The van der Waals surface area contributed by atoms with Gasteiger partial charge in [0.1, 0.15) is 0 Å². The van der Waals surface area contributed by atoms with Crippen LogP contribution >= 0.6 is 0 Å². The predicted octanol–water partition coefficient (Wildman–Crippen LogP) is 1.25. The molecular formula is C8H12N2. The summed E-state index contributed by atoms with van der Waals surface area (Å²) in [5.41, 5.74) is 6.38. The summed E-state index contributed by atoms with van der Waals surface area (Å²) in [6, 6.07) is 0. The SMILES string of the molecule is CC1=CC=CC(C)(N)C=N1. The van der Waals surface area contributed by atoms with Gasteiger partial charge in [-0.15, -0.1) is 0 Å². The average Bonchev–Trinajstić information content (AvgIpc) is 1.94. The zero-order valence-corrected chi connectivity index (χ0v) is 6.33. The molecule has 0 amide bonds. The van der Waals surface area contributed by atoms with Crippen LogP contribution in [0.4, 0.5) is 0 Å². The van der Waals surface area contributed by atoms with Crippen LogP contribution in [-0.4, -0.2) is 11.8 Å². The summed E-state index contributed by atoms with van der Waals surface area (Å²) in [5, 5.41) is 0. The third kappa shape index (κ3) is 1.81. The molecule has 0 radical (unpaired) electrons. The minimum Gasteiger partial charge on any atom is -0.318 e. The van der Waals surface area contributed by atoms with Crippen molar-refractivity contribution >= 4 is 6.21 Å². The van der Waals surface area contributed by atoms with Gasteiger partial charge in [0.15, 0.2) is 0 Å². The molecule has 0 saturated carbocycles. The van der Waals surface area contributed by atoms with E-state index >= 15 is 0 Å². The minimum atomic E-state index is -0.381. The van der Waals surface area contributed by atoms with E-state index in [1.165, 1.54) is 0 Å². The first-order chi connectivity index (χ1) is 4.60. The summed E-state index contributed by atoms with van der Waals surface area (Å²) in [7, 11) is 0. The van der Waals surface area contributed by atoms with Crippen LogP contribution in [0.2, 0.25) is 0 Å². The molecule has 1 heterocycles. The van der Waals surface area contributed by atoms with Gasteiger partial charge in [-0.05, 0) is 19.9 Å². The number of nitrogens with two attached hydrogens (primary N) is 1. The highest BCUT2D eigenvalue weighted by Crippen LogP contribution is 2.05. The third-order valence-corrected chi connectivity index (χ3v) is 1.34. The second kappa shape index (κ2) is 2.39. The standard InChI is InChI=1S/C8H12N2/c1-7-4-3-5-8(2,9)6-10-7/h3-6H,9H2,1-2H3. The number of allylic oxidation sites excluding steroid dienone is 3. The maximum Gasteiger partial charge on any atom is 0.0673 e. The van der Waals surface area contributed by atoms with Crippen molar-refractivity contribution in [3.63, 3.8) is 0 Å². The Labute approximate surface area is 61.1 Å². The average molecular weight is 136 g/mol. The van der Waals surface area contributed by atoms with Crippen molar-refractivity contribution in [2.45, 2.75) is 19.4 Å². The Hall–Kier alpha value is -0.890. The Bertz CT molecular complexity index is 209. The maximum absolute atomic E-state index is 5.77. The first kappa shape index (κ1) is 7.22. The van der Waals surface area contributed by atoms with Gasteiger partial charge in [0.25, 0.3) is 0 Å². The summed E-state index contributed by atoms with van der Waals surface area (Å²) < 4.78 is 0. The molecule has 0 fully saturated rings. The van der Waals surface area contributed by atoms with Gasteiger partial charge in [-0.3, -0.25) is 4.99 Å². The molecule has 0 aromatic rings. The Morgan fingerprint density at radius 2 is 2.30 bits per heavy atom. The summed E-state index contributed by atoms with van der Waals surface area (Å²) in [6.45, 7) is 3.86. The summed E-state index contributed by atoms with van der Waals surface area (Å²) >= 11 is 0. The van der Waals surface area contributed by atoms with Crippen LogP contribution in [-0.2, 0) is 0 Å². The van der Waals surface area contributed by atoms with Gasteiger partial charge in [-0.25, -0.2) is 0 Å². The van der Waals surface area contributed by atoms with Gasteiger partial charge in [-0.2, -0.15) is 0 Å². The molecule has 54 valence electrons. The number of rotatable bonds is 0. The van der Waals surface area contributed by atoms with E-state index in [2.05, 4.69) is 4.99 Å². The Morgan fingerprint density at radius 1 is 1.60 bits per heavy atom. The van der Waals surface area contributed by atoms with E-state index in [-0.39, 0.29) is 5.54 Å². The highest BCUT2D eigenvalue weighted by molar-refractivity contribution is 5.74. The smallest absolute Gasteiger partial charge is 0.0673 e. The fourth-order valence-electron chi connectivity index (χ4n) is 0.722. The molecule has 10 heavy (non-hydrogen) atoms. The summed E-state index contributed by atoms with van der Waals surface area (Å²) in [5.74, 6) is 0. The van der Waals surface area contributed by atoms with Crippen molar-refractivity contribution in [3.8, 4) is 0 Å². The van der Waals surface area contributed by atoms with Crippen molar-refractivity contribution in [2.24, 2.45) is 10.7 Å². The number of hydrogen-bond donors (Lipinski definition) is 1. The van der Waals surface area contributed by atoms with E-state index in [1.54, 1.807) is 6.21 Å². The maximum atomic E-state index is 5.77. The van der Waals surface area contributed by atoms with Crippen molar-refractivity contribution in [3.05, 3.63) is 23.9 Å². The van der Waals surface area contributed by atoms with Crippen LogP contribution < -0.4 is 5.73 Å². The molecule has 2 N–H and O–H groups in total. The van der Waals surface area contributed by atoms with Crippen LogP contribution in [0.3, 0.4) is 0 Å². The van der Waals surface area contributed by atoms with E-state index in [4.69, 9.17) is 5.73 Å². The first-order valence-corrected chi connectivity index (χ1v) is 3.30. The molecule has 0 spiro atoms. The monoisotopic (exact) mass is 136 g/mol. The summed E-state index contributed by atoms with van der Waals surface area (Å²) in [4.78, 5) is 4.12. The molecule has 1 aliphatic heterocycles. The van der Waals surface area contributed by atoms with Gasteiger partial charge in [-0.1, -0.05) is 12.2 Å². The molecule has 1 aliphatic rings. The molecule has 1 rings (SSSR count). The summed E-state index contributed by atoms with van der Waals surface area (Å²) in [6.07, 6.45) is 7.55. The highest BCUT2D eigenvalue weighted by atomic mass is 14.8. The van der Waals surface area contributed by atoms with Gasteiger partial charge in [0.05, 0.1) is 5.54 Å². The molecule has 2 nitrogen and oxygen atoms in total. The minimum absolute atomic E-state index is 0.381. The van der Waals surface area contributed by atoms with Crippen molar-refractivity contribution in [2.75, 3.05) is 0 Å². The number of nitrogens with zero attached hydrogens (tertiary/aromatic N) is 1. The Balaban J connectivity index is 2.88. The Morgan fingerprint density at radius 3 is 3.00 bits per heavy atom. The molecule has 0 aliphatic carbocycles. The lowest BCUT2D eigenvalue weighted by Crippen LogP contribution is -2.34. The van der Waals surface area contributed by atoms with E-state index < -0.39 is 0 Å². The molecule has 0 bridgehead atoms. The van der Waals surface area contributed by atoms with E-state index in [9.17, 15) is 0 Å². The lowest BCUT2D eigenvalue weighted by molar-refractivity contribution is 0.800. The fraction of sp³-hybridized carbons (Fsp3) is 0.375. The lowest BCUT2D eigenvalue weighted by Gasteiger charge is -2.11. The normalized spacial score (nSPS) is 31.7. The second-order valence-corrected chi connectivity index (χ2v) is 2.79. The van der Waals surface area contributed by atoms with Gasteiger partial charge >= 0.3 is 0 Å². The van der Waals surface area contributed by atoms with Crippen LogP contribution in [0.25, 0.3) is 0 Å². The van der Waals surface area contributed by atoms with Crippen LogP contribution in [0.5, 0.6) is 0 Å². The molecule has 2 heteroatoms. The Kier molecular flexibility index (Phi) is 1.72. The zero-order chi connectivity index (χ0) is 7.61. The second-order valence-electron chi connectivity index (χ2n) is 2.79. The fourth-order valence-corrected chi connectivity index (χ4v) is 0.722. The third-order valence-electron chi connectivity index (χ3n) is 1.34. The van der Waals surface area contributed by atoms with Crippen LogP contribution in [0.1, 0.15) is 13.8 Å². The predicted molar refractivity (Wildman–Crippen MR) is 44.0 cm³/mol. The van der Waals surface area contributed by atoms with Gasteiger partial charge < -0.3 is 5.73 Å². The van der Waals surface area contributed by atoms with Crippen LogP contribution in [0.15, 0.2) is 28.9 Å². The molecule has 0 aromatic heterocycles. The van der Waals surface area contributed by atoms with E-state index in [0.29, 0.717) is 0 Å². The molecule has 1 unspecified atom stereocenters. The van der Waals surface area contributed by atoms with E-state index in [0.717, 1.165) is 5.70 Å². The largest absolute Gasteiger partial charge is 0.318 e. The molecular weight excluding hydrogens is 124 g/mol. The zero-order valence-electron chi connectivity index (χ0n) is 6.33. The van der Waals surface area contributed by atoms with Crippen molar-refractivity contribution in [1.29, 1.82) is 0 Å². The molecule has 0 aromatic carbocycles. The quantitative estimate of drug-likeness (QED) is 0.534. The van der Waals surface area contributed by atoms with Gasteiger partial charge in [0.2, 0.25) is 0 Å². The first-order valence-electron chi connectivity index (χ1n) is 3.30.